The van der Waals surface area contributed by atoms with Crippen LogP contribution in [-0.4, -0.2) is 41.5 Å². The molecule has 2 heterocycles. The predicted molar refractivity (Wildman–Crippen MR) is 69.8 cm³/mol. The number of ketones is 1. The largest absolute Gasteiger partial charge is 0.392 e. The molecular weight excluding hydrogens is 234 g/mol. The third kappa shape index (κ3) is 3.15. The molecule has 94 valence electrons. The van der Waals surface area contributed by atoms with Crippen LogP contribution >= 0.6 is 11.3 Å². The first-order valence-electron chi connectivity index (χ1n) is 6.07. The van der Waals surface area contributed by atoms with Gasteiger partial charge in [-0.15, -0.1) is 11.3 Å². The molecule has 1 aromatic rings. The van der Waals surface area contributed by atoms with E-state index in [0.29, 0.717) is 13.1 Å². The lowest BCUT2D eigenvalue weighted by Gasteiger charge is -2.29. The van der Waals surface area contributed by atoms with Crippen molar-refractivity contribution in [1.82, 2.24) is 4.90 Å². The molecule has 1 aromatic heterocycles. The summed E-state index contributed by atoms with van der Waals surface area (Å²) in [6.07, 6.45) is 1.58. The molecule has 0 aromatic carbocycles. The average molecular weight is 253 g/mol. The van der Waals surface area contributed by atoms with Crippen molar-refractivity contribution in [2.24, 2.45) is 0 Å². The van der Waals surface area contributed by atoms with Crippen molar-refractivity contribution in [2.45, 2.75) is 32.8 Å². The van der Waals surface area contributed by atoms with Gasteiger partial charge < -0.3 is 5.11 Å². The Labute approximate surface area is 106 Å². The summed E-state index contributed by atoms with van der Waals surface area (Å²) in [6, 6.07) is 1.97. The van der Waals surface area contributed by atoms with Crippen LogP contribution in [0.1, 0.15) is 33.0 Å². The van der Waals surface area contributed by atoms with Crippen LogP contribution < -0.4 is 0 Å². The van der Waals surface area contributed by atoms with Crippen molar-refractivity contribution in [3.8, 4) is 0 Å². The van der Waals surface area contributed by atoms with Gasteiger partial charge in [0.05, 0.1) is 12.6 Å². The molecule has 17 heavy (non-hydrogen) atoms. The highest BCUT2D eigenvalue weighted by molar-refractivity contribution is 7.12. The number of aliphatic hydroxyl groups excluding tert-OH is 1. The van der Waals surface area contributed by atoms with E-state index < -0.39 is 0 Å². The lowest BCUT2D eigenvalue weighted by molar-refractivity contribution is 0.0634. The van der Waals surface area contributed by atoms with Gasteiger partial charge in [0.1, 0.15) is 0 Å². The Balaban J connectivity index is 1.99. The molecule has 0 amide bonds. The van der Waals surface area contributed by atoms with Crippen LogP contribution in [0.2, 0.25) is 0 Å². The number of β-amino-alcohol motifs (C(OH)–C–C–N with tert-alkyl or cyclic N) is 1. The Morgan fingerprint density at radius 2 is 2.35 bits per heavy atom. The molecule has 0 aliphatic carbocycles. The molecule has 1 unspecified atom stereocenters. The van der Waals surface area contributed by atoms with Crippen molar-refractivity contribution in [2.75, 3.05) is 19.6 Å². The van der Waals surface area contributed by atoms with Gasteiger partial charge in [0, 0.05) is 21.9 Å². The van der Waals surface area contributed by atoms with Gasteiger partial charge >= 0.3 is 0 Å². The van der Waals surface area contributed by atoms with Crippen molar-refractivity contribution < 1.29 is 9.90 Å². The Bertz CT molecular complexity index is 414. The predicted octanol–water partition coefficient (Wildman–Crippen LogP) is 2.00. The Morgan fingerprint density at radius 1 is 1.59 bits per heavy atom. The summed E-state index contributed by atoms with van der Waals surface area (Å²) >= 11 is 1.67. The Kier molecular flexibility index (Phi) is 3.97. The maximum atomic E-state index is 12.1. The van der Waals surface area contributed by atoms with Gasteiger partial charge in [0.2, 0.25) is 0 Å². The van der Waals surface area contributed by atoms with Crippen molar-refractivity contribution >= 4 is 17.1 Å². The van der Waals surface area contributed by atoms with Crippen LogP contribution in [0, 0.1) is 13.8 Å². The normalized spacial score (nSPS) is 21.7. The Hall–Kier alpha value is -0.710. The fraction of sp³-hybridized carbons (Fsp3) is 0.615. The zero-order chi connectivity index (χ0) is 12.4. The molecule has 1 aliphatic heterocycles. The average Bonchev–Trinajstić information content (AvgIpc) is 2.58. The van der Waals surface area contributed by atoms with Gasteiger partial charge in [-0.05, 0) is 39.3 Å². The molecular formula is C13H19NO2S. The first-order chi connectivity index (χ1) is 8.06. The lowest BCUT2D eigenvalue weighted by Crippen LogP contribution is -2.41. The van der Waals surface area contributed by atoms with Gasteiger partial charge in [-0.2, -0.15) is 0 Å². The summed E-state index contributed by atoms with van der Waals surface area (Å²) in [7, 11) is 0. The van der Waals surface area contributed by atoms with E-state index in [0.717, 1.165) is 29.8 Å². The second kappa shape index (κ2) is 5.29. The standard InChI is InChI=1S/C13H19NO2S/c1-9-6-12(10(2)17-9)13(16)8-14-5-3-4-11(15)7-14/h6,11,15H,3-5,7-8H2,1-2H3. The maximum absolute atomic E-state index is 12.1. The monoisotopic (exact) mass is 253 g/mol. The number of hydrogen-bond acceptors (Lipinski definition) is 4. The lowest BCUT2D eigenvalue weighted by atomic mass is 10.1. The number of aliphatic hydroxyl groups is 1. The fourth-order valence-corrected chi connectivity index (χ4v) is 3.31. The van der Waals surface area contributed by atoms with Crippen LogP contribution in [-0.2, 0) is 0 Å². The number of likely N-dealkylation sites (tertiary alicyclic amines) is 1. The highest BCUT2D eigenvalue weighted by Gasteiger charge is 2.21. The molecule has 2 rings (SSSR count). The SMILES string of the molecule is Cc1cc(C(=O)CN2CCCC(O)C2)c(C)s1. The number of piperidine rings is 1. The number of rotatable bonds is 3. The van der Waals surface area contributed by atoms with E-state index in [-0.39, 0.29) is 11.9 Å². The smallest absolute Gasteiger partial charge is 0.177 e. The van der Waals surface area contributed by atoms with Gasteiger partial charge in [0.25, 0.3) is 0 Å². The van der Waals surface area contributed by atoms with E-state index >= 15 is 0 Å². The van der Waals surface area contributed by atoms with Gasteiger partial charge in [0.15, 0.2) is 5.78 Å². The van der Waals surface area contributed by atoms with Gasteiger partial charge in [-0.3, -0.25) is 9.69 Å². The molecule has 1 aliphatic rings. The van der Waals surface area contributed by atoms with E-state index in [1.807, 2.05) is 19.9 Å². The molecule has 0 radical (unpaired) electrons. The summed E-state index contributed by atoms with van der Waals surface area (Å²) in [4.78, 5) is 16.5. The third-order valence-corrected chi connectivity index (χ3v) is 4.16. The molecule has 0 saturated carbocycles. The molecule has 1 N–H and O–H groups in total. The van der Waals surface area contributed by atoms with E-state index in [4.69, 9.17) is 0 Å². The highest BCUT2D eigenvalue weighted by atomic mass is 32.1. The van der Waals surface area contributed by atoms with Crippen LogP contribution in [0.5, 0.6) is 0 Å². The summed E-state index contributed by atoms with van der Waals surface area (Å²) in [5, 5.41) is 9.57. The molecule has 1 saturated heterocycles. The van der Waals surface area contributed by atoms with Crippen LogP contribution in [0.3, 0.4) is 0 Å². The minimum Gasteiger partial charge on any atom is -0.392 e. The summed E-state index contributed by atoms with van der Waals surface area (Å²) in [5.41, 5.74) is 0.854. The second-order valence-corrected chi connectivity index (χ2v) is 6.24. The number of carbonyl (C=O) groups excluding carboxylic acids is 1. The van der Waals surface area contributed by atoms with Gasteiger partial charge in [-0.1, -0.05) is 0 Å². The Morgan fingerprint density at radius 3 is 2.94 bits per heavy atom. The first kappa shape index (κ1) is 12.7. The van der Waals surface area contributed by atoms with Crippen molar-refractivity contribution in [3.63, 3.8) is 0 Å². The number of nitrogens with zero attached hydrogens (tertiary/aromatic N) is 1. The van der Waals surface area contributed by atoms with Crippen molar-refractivity contribution in [3.05, 3.63) is 21.4 Å². The summed E-state index contributed by atoms with van der Waals surface area (Å²) in [5.74, 6) is 0.181. The van der Waals surface area contributed by atoms with E-state index in [9.17, 15) is 9.90 Å². The number of aryl methyl sites for hydroxylation is 2. The number of hydrogen-bond donors (Lipinski definition) is 1. The molecule has 1 fully saturated rings. The van der Waals surface area contributed by atoms with Crippen molar-refractivity contribution in [1.29, 1.82) is 0 Å². The third-order valence-electron chi connectivity index (χ3n) is 3.19. The fourth-order valence-electron chi connectivity index (χ4n) is 2.37. The van der Waals surface area contributed by atoms with E-state index in [2.05, 4.69) is 4.90 Å². The maximum Gasteiger partial charge on any atom is 0.177 e. The molecule has 0 bridgehead atoms. The zero-order valence-electron chi connectivity index (χ0n) is 10.4. The molecule has 3 nitrogen and oxygen atoms in total. The highest BCUT2D eigenvalue weighted by Crippen LogP contribution is 2.21. The molecule has 1 atom stereocenters. The van der Waals surface area contributed by atoms with E-state index in [1.54, 1.807) is 11.3 Å². The first-order valence-corrected chi connectivity index (χ1v) is 6.88. The minimum absolute atomic E-state index is 0.181. The topological polar surface area (TPSA) is 40.5 Å². The van der Waals surface area contributed by atoms with Gasteiger partial charge in [-0.25, -0.2) is 0 Å². The van der Waals surface area contributed by atoms with Crippen LogP contribution in [0.4, 0.5) is 0 Å². The molecule has 4 heteroatoms. The number of carbonyl (C=O) groups is 1. The number of Topliss-reactive ketones (excluding diaryl/α,β-unsaturated/α-hetero) is 1. The second-order valence-electron chi connectivity index (χ2n) is 4.78. The summed E-state index contributed by atoms with van der Waals surface area (Å²) < 4.78 is 0. The zero-order valence-corrected chi connectivity index (χ0v) is 11.2. The quantitative estimate of drug-likeness (QED) is 0.838. The molecule has 0 spiro atoms. The minimum atomic E-state index is -0.262. The van der Waals surface area contributed by atoms with Crippen LogP contribution in [0.25, 0.3) is 0 Å². The number of thiophene rings is 1. The van der Waals surface area contributed by atoms with E-state index in [1.165, 1.54) is 4.88 Å². The van der Waals surface area contributed by atoms with Crippen LogP contribution in [0.15, 0.2) is 6.07 Å². The summed E-state index contributed by atoms with van der Waals surface area (Å²) in [6.45, 7) is 6.02.